The molecule has 11 heteroatoms. The fourth-order valence-corrected chi connectivity index (χ4v) is 3.36. The van der Waals surface area contributed by atoms with Crippen LogP contribution in [0.15, 0.2) is 54.7 Å². The third-order valence-corrected chi connectivity index (χ3v) is 5.10. The molecule has 1 fully saturated rings. The number of amides is 1. The molecule has 0 bridgehead atoms. The summed E-state index contributed by atoms with van der Waals surface area (Å²) in [4.78, 5) is 18.8. The number of piperazine rings is 1. The first-order chi connectivity index (χ1) is 15.8. The lowest BCUT2D eigenvalue weighted by Gasteiger charge is -2.33. The van der Waals surface area contributed by atoms with Crippen molar-refractivity contribution in [2.75, 3.05) is 37.7 Å². The lowest BCUT2D eigenvalue weighted by Crippen LogP contribution is -2.45. The number of benzene rings is 1. The molecule has 1 saturated heterocycles. The van der Waals surface area contributed by atoms with Gasteiger partial charge >= 0.3 is 6.18 Å². The Bertz CT molecular complexity index is 1040. The third-order valence-electron chi connectivity index (χ3n) is 4.78. The average Bonchev–Trinajstić information content (AvgIpc) is 3.25. The van der Waals surface area contributed by atoms with E-state index in [9.17, 15) is 18.0 Å². The van der Waals surface area contributed by atoms with Gasteiger partial charge in [0.25, 0.3) is 0 Å². The summed E-state index contributed by atoms with van der Waals surface area (Å²) >= 11 is 5.96. The number of carbonyl (C=O) groups excluding carboxylic acids is 1. The number of ether oxygens (including phenoxy) is 1. The van der Waals surface area contributed by atoms with Crippen LogP contribution in [0.25, 0.3) is 5.69 Å². The lowest BCUT2D eigenvalue weighted by molar-refractivity contribution is -0.141. The Morgan fingerprint density at radius 1 is 1.09 bits per heavy atom. The van der Waals surface area contributed by atoms with Crippen LogP contribution in [0.1, 0.15) is 12.6 Å². The number of aromatic nitrogens is 3. The maximum absolute atomic E-state index is 12.7. The zero-order chi connectivity index (χ0) is 23.8. The van der Waals surface area contributed by atoms with Crippen LogP contribution in [0.4, 0.5) is 19.0 Å². The highest BCUT2D eigenvalue weighted by Gasteiger charge is 2.35. The Labute approximate surface area is 194 Å². The minimum atomic E-state index is -4.53. The molecule has 3 aromatic rings. The Kier molecular flexibility index (Phi) is 8.16. The third kappa shape index (κ3) is 6.38. The number of hydrogen-bond acceptors (Lipinski definition) is 5. The summed E-state index contributed by atoms with van der Waals surface area (Å²) < 4.78 is 44.2. The van der Waals surface area contributed by atoms with E-state index >= 15 is 0 Å². The number of halogens is 4. The number of hydrogen-bond donors (Lipinski definition) is 0. The number of alkyl halides is 3. The number of nitrogens with zero attached hydrogens (tertiary/aromatic N) is 5. The molecule has 7 nitrogen and oxygen atoms in total. The second-order valence-electron chi connectivity index (χ2n) is 6.98. The van der Waals surface area contributed by atoms with Crippen molar-refractivity contribution < 1.29 is 22.7 Å². The van der Waals surface area contributed by atoms with Crippen molar-refractivity contribution >= 4 is 23.8 Å². The van der Waals surface area contributed by atoms with Crippen LogP contribution < -0.4 is 9.64 Å². The summed E-state index contributed by atoms with van der Waals surface area (Å²) in [6.45, 7) is 5.23. The highest BCUT2D eigenvalue weighted by molar-refractivity contribution is 6.32. The number of carbonyl (C=O) groups is 1. The standard InChI is InChI=1S/C12H10ClF3N2O.C10H13N3O/c1-2-19-11-7-10(12(14,15)16)17-18(11)9-6-4-3-5-8(9)13;14-9-12-5-7-13(8-6-12)10-3-1-2-4-11-10/h3-7H,2H2,1H3;1-4,9H,5-8H2. The maximum atomic E-state index is 12.7. The van der Waals surface area contributed by atoms with Crippen molar-refractivity contribution in [1.82, 2.24) is 19.7 Å². The van der Waals surface area contributed by atoms with Crippen LogP contribution in [0.2, 0.25) is 5.02 Å². The lowest BCUT2D eigenvalue weighted by atomic mass is 10.3. The van der Waals surface area contributed by atoms with Gasteiger partial charge in [0, 0.05) is 38.4 Å². The summed E-state index contributed by atoms with van der Waals surface area (Å²) in [5, 5.41) is 3.81. The fourth-order valence-electron chi connectivity index (χ4n) is 3.15. The molecule has 1 aliphatic heterocycles. The van der Waals surface area contributed by atoms with E-state index in [0.717, 1.165) is 49.2 Å². The van der Waals surface area contributed by atoms with Gasteiger partial charge in [-0.25, -0.2) is 4.98 Å². The molecule has 0 unspecified atom stereocenters. The average molecular weight is 482 g/mol. The van der Waals surface area contributed by atoms with Crippen LogP contribution in [0.3, 0.4) is 0 Å². The second-order valence-corrected chi connectivity index (χ2v) is 7.39. The highest BCUT2D eigenvalue weighted by Crippen LogP contribution is 2.33. The zero-order valence-electron chi connectivity index (χ0n) is 17.9. The Morgan fingerprint density at radius 3 is 2.36 bits per heavy atom. The van der Waals surface area contributed by atoms with Crippen LogP contribution >= 0.6 is 11.6 Å². The van der Waals surface area contributed by atoms with Gasteiger partial charge in [-0.2, -0.15) is 23.0 Å². The topological polar surface area (TPSA) is 63.5 Å². The van der Waals surface area contributed by atoms with E-state index in [2.05, 4.69) is 15.0 Å². The number of pyridine rings is 1. The molecule has 0 saturated carbocycles. The minimum Gasteiger partial charge on any atom is -0.478 e. The first-order valence-corrected chi connectivity index (χ1v) is 10.6. The van der Waals surface area contributed by atoms with Crippen molar-refractivity contribution in [2.24, 2.45) is 0 Å². The van der Waals surface area contributed by atoms with E-state index in [-0.39, 0.29) is 12.5 Å². The second kappa shape index (κ2) is 11.0. The summed E-state index contributed by atoms with van der Waals surface area (Å²) in [5.74, 6) is 1.00. The summed E-state index contributed by atoms with van der Waals surface area (Å²) in [6.07, 6.45) is -1.82. The Balaban J connectivity index is 0.000000194. The van der Waals surface area contributed by atoms with Crippen molar-refractivity contribution in [3.05, 3.63) is 65.4 Å². The SMILES string of the molecule is CCOc1cc(C(F)(F)F)nn1-c1ccccc1Cl.O=CN1CCN(c2ccccn2)CC1. The van der Waals surface area contributed by atoms with E-state index in [1.54, 1.807) is 42.3 Å². The largest absolute Gasteiger partial charge is 0.478 e. The molecule has 1 amide bonds. The molecule has 0 atom stereocenters. The monoisotopic (exact) mass is 481 g/mol. The molecular weight excluding hydrogens is 459 g/mol. The van der Waals surface area contributed by atoms with Gasteiger partial charge in [-0.15, -0.1) is 0 Å². The highest BCUT2D eigenvalue weighted by atomic mass is 35.5. The predicted molar refractivity (Wildman–Crippen MR) is 119 cm³/mol. The minimum absolute atomic E-state index is 0.00271. The molecule has 3 heterocycles. The van der Waals surface area contributed by atoms with Gasteiger partial charge in [0.2, 0.25) is 12.3 Å². The molecule has 0 radical (unpaired) electrons. The molecule has 0 N–H and O–H groups in total. The summed E-state index contributed by atoms with van der Waals surface area (Å²) in [7, 11) is 0. The van der Waals surface area contributed by atoms with Crippen LogP contribution in [0, 0.1) is 0 Å². The predicted octanol–water partition coefficient (Wildman–Crippen LogP) is 4.30. The quantitative estimate of drug-likeness (QED) is 0.508. The van der Waals surface area contributed by atoms with Crippen LogP contribution in [-0.2, 0) is 11.0 Å². The molecule has 0 aliphatic carbocycles. The number of rotatable bonds is 5. The first kappa shape index (κ1) is 24.4. The Hall–Kier alpha value is -3.27. The normalized spacial score (nSPS) is 13.8. The smallest absolute Gasteiger partial charge is 0.435 e. The fraction of sp³-hybridized carbons (Fsp3) is 0.318. The molecule has 4 rings (SSSR count). The van der Waals surface area contributed by atoms with E-state index < -0.39 is 11.9 Å². The van der Waals surface area contributed by atoms with E-state index in [0.29, 0.717) is 10.7 Å². The van der Waals surface area contributed by atoms with Crippen LogP contribution in [-0.4, -0.2) is 58.9 Å². The maximum Gasteiger partial charge on any atom is 0.435 e. The van der Waals surface area contributed by atoms with Gasteiger partial charge in [-0.05, 0) is 31.2 Å². The molecule has 0 spiro atoms. The van der Waals surface area contributed by atoms with E-state index in [1.807, 2.05) is 18.2 Å². The van der Waals surface area contributed by atoms with Crippen molar-refractivity contribution in [1.29, 1.82) is 0 Å². The summed E-state index contributed by atoms with van der Waals surface area (Å²) in [5.41, 5.74) is -0.681. The van der Waals surface area contributed by atoms with E-state index in [4.69, 9.17) is 16.3 Å². The molecular formula is C22H23ClF3N5O2. The van der Waals surface area contributed by atoms with Crippen LogP contribution in [0.5, 0.6) is 5.88 Å². The van der Waals surface area contributed by atoms with Gasteiger partial charge < -0.3 is 14.5 Å². The van der Waals surface area contributed by atoms with Gasteiger partial charge in [-0.1, -0.05) is 29.8 Å². The van der Waals surface area contributed by atoms with Gasteiger partial charge in [0.05, 0.1) is 17.3 Å². The molecule has 1 aromatic carbocycles. The summed E-state index contributed by atoms with van der Waals surface area (Å²) in [6, 6.07) is 13.2. The Morgan fingerprint density at radius 2 is 1.79 bits per heavy atom. The van der Waals surface area contributed by atoms with Gasteiger partial charge in [0.15, 0.2) is 5.69 Å². The van der Waals surface area contributed by atoms with Crippen molar-refractivity contribution in [2.45, 2.75) is 13.1 Å². The molecule has 33 heavy (non-hydrogen) atoms. The first-order valence-electron chi connectivity index (χ1n) is 10.2. The van der Waals surface area contributed by atoms with E-state index in [1.165, 1.54) is 0 Å². The zero-order valence-corrected chi connectivity index (χ0v) is 18.6. The number of para-hydroxylation sites is 1. The van der Waals surface area contributed by atoms with Crippen molar-refractivity contribution in [3.8, 4) is 11.6 Å². The van der Waals surface area contributed by atoms with Crippen molar-refractivity contribution in [3.63, 3.8) is 0 Å². The molecule has 1 aliphatic rings. The van der Waals surface area contributed by atoms with Gasteiger partial charge in [-0.3, -0.25) is 4.79 Å². The molecule has 176 valence electrons. The molecule has 2 aromatic heterocycles. The van der Waals surface area contributed by atoms with Gasteiger partial charge in [0.1, 0.15) is 5.82 Å². The number of anilines is 1.